The molecular weight excluding hydrogens is 342 g/mol. The van der Waals surface area contributed by atoms with E-state index in [0.717, 1.165) is 9.36 Å². The zero-order valence-corrected chi connectivity index (χ0v) is 13.2. The van der Waals surface area contributed by atoms with Crippen molar-refractivity contribution in [1.82, 2.24) is 29.5 Å². The second-order valence-corrected chi connectivity index (χ2v) is 5.35. The van der Waals surface area contributed by atoms with E-state index >= 15 is 0 Å². The minimum atomic E-state index is -0.575. The summed E-state index contributed by atoms with van der Waals surface area (Å²) in [5, 5.41) is 8.45. The van der Waals surface area contributed by atoms with Gasteiger partial charge in [-0.3, -0.25) is 0 Å². The molecule has 0 spiro atoms. The van der Waals surface area contributed by atoms with Crippen molar-refractivity contribution in [3.63, 3.8) is 0 Å². The number of hydrogen-bond donors (Lipinski definition) is 2. The summed E-state index contributed by atoms with van der Waals surface area (Å²) < 4.78 is 30.2. The third-order valence-corrected chi connectivity index (χ3v) is 3.62. The molecule has 4 aromatic rings. The molecule has 0 bridgehead atoms. The van der Waals surface area contributed by atoms with E-state index in [2.05, 4.69) is 20.2 Å². The number of rotatable bonds is 3. The van der Waals surface area contributed by atoms with Crippen LogP contribution in [0.2, 0.25) is 0 Å². The number of hydrogen-bond acceptors (Lipinski definition) is 6. The average Bonchev–Trinajstić information content (AvgIpc) is 3.19. The first kappa shape index (κ1) is 15.7. The highest BCUT2D eigenvalue weighted by molar-refractivity contribution is 5.63. The van der Waals surface area contributed by atoms with E-state index in [-0.39, 0.29) is 23.3 Å². The Morgan fingerprint density at radius 1 is 0.731 bits per heavy atom. The van der Waals surface area contributed by atoms with Crippen molar-refractivity contribution in [2.75, 3.05) is 11.5 Å². The van der Waals surface area contributed by atoms with Crippen LogP contribution in [0.4, 0.5) is 20.4 Å². The van der Waals surface area contributed by atoms with Crippen LogP contribution in [-0.4, -0.2) is 29.5 Å². The van der Waals surface area contributed by atoms with Gasteiger partial charge in [-0.25, -0.2) is 18.7 Å². The van der Waals surface area contributed by atoms with Crippen molar-refractivity contribution in [1.29, 1.82) is 0 Å². The molecule has 4 heterocycles. The lowest BCUT2D eigenvalue weighted by molar-refractivity contribution is 0.601. The molecule has 0 unspecified atom stereocenters. The number of nitrogens with two attached hydrogens (primary N) is 2. The first-order chi connectivity index (χ1) is 12.5. The van der Waals surface area contributed by atoms with Crippen LogP contribution >= 0.6 is 0 Å². The topological polar surface area (TPSA) is 113 Å². The molecule has 0 radical (unpaired) electrons. The van der Waals surface area contributed by atoms with E-state index in [9.17, 15) is 8.78 Å². The minimum absolute atomic E-state index is 0.0422. The number of nitrogens with zero attached hydrogens (tertiary/aromatic N) is 6. The summed E-state index contributed by atoms with van der Waals surface area (Å²) in [6.45, 7) is 0. The summed E-state index contributed by atoms with van der Waals surface area (Å²) in [6, 6.07) is 8.41. The van der Waals surface area contributed by atoms with Gasteiger partial charge in [0.2, 0.25) is 0 Å². The van der Waals surface area contributed by atoms with Crippen molar-refractivity contribution < 1.29 is 8.78 Å². The van der Waals surface area contributed by atoms with Gasteiger partial charge in [0, 0.05) is 24.5 Å². The first-order valence-electron chi connectivity index (χ1n) is 7.48. The van der Waals surface area contributed by atoms with Crippen LogP contribution in [0.3, 0.4) is 0 Å². The Kier molecular flexibility index (Phi) is 3.57. The number of anilines is 2. The Labute approximate surface area is 145 Å². The van der Waals surface area contributed by atoms with Gasteiger partial charge in [0.05, 0.1) is 0 Å². The van der Waals surface area contributed by atoms with Gasteiger partial charge in [0.15, 0.2) is 23.3 Å². The SMILES string of the molecule is Nc1cc(-c2cc(N)n(-c3ncccc3F)n2)nn1-c1ncccc1F. The van der Waals surface area contributed by atoms with Crippen molar-refractivity contribution >= 4 is 11.6 Å². The molecule has 0 aromatic carbocycles. The van der Waals surface area contributed by atoms with Gasteiger partial charge in [-0.15, -0.1) is 0 Å². The second kappa shape index (κ2) is 5.92. The highest BCUT2D eigenvalue weighted by Crippen LogP contribution is 2.25. The molecule has 26 heavy (non-hydrogen) atoms. The van der Waals surface area contributed by atoms with Gasteiger partial charge >= 0.3 is 0 Å². The van der Waals surface area contributed by atoms with Crippen LogP contribution in [0.5, 0.6) is 0 Å². The van der Waals surface area contributed by atoms with Crippen LogP contribution in [0, 0.1) is 11.6 Å². The van der Waals surface area contributed by atoms with E-state index in [4.69, 9.17) is 11.5 Å². The number of halogens is 2. The van der Waals surface area contributed by atoms with Gasteiger partial charge in [0.1, 0.15) is 23.0 Å². The molecular formula is C16H12F2N8. The minimum Gasteiger partial charge on any atom is -0.384 e. The van der Waals surface area contributed by atoms with E-state index < -0.39 is 11.6 Å². The van der Waals surface area contributed by atoms with Gasteiger partial charge in [-0.2, -0.15) is 19.6 Å². The molecule has 0 aliphatic rings. The molecule has 0 atom stereocenters. The van der Waals surface area contributed by atoms with E-state index in [1.807, 2.05) is 0 Å². The largest absolute Gasteiger partial charge is 0.384 e. The Morgan fingerprint density at radius 3 is 1.54 bits per heavy atom. The predicted molar refractivity (Wildman–Crippen MR) is 90.5 cm³/mol. The maximum atomic E-state index is 13.9. The van der Waals surface area contributed by atoms with Crippen LogP contribution in [0.15, 0.2) is 48.8 Å². The molecule has 4 aromatic heterocycles. The lowest BCUT2D eigenvalue weighted by Crippen LogP contribution is -2.06. The van der Waals surface area contributed by atoms with Crippen molar-refractivity contribution in [2.24, 2.45) is 0 Å². The molecule has 130 valence electrons. The number of nitrogen functional groups attached to an aromatic ring is 2. The first-order valence-corrected chi connectivity index (χ1v) is 7.48. The summed E-state index contributed by atoms with van der Waals surface area (Å²) in [4.78, 5) is 7.87. The van der Waals surface area contributed by atoms with E-state index in [1.54, 1.807) is 0 Å². The highest BCUT2D eigenvalue weighted by atomic mass is 19.1. The molecule has 0 fully saturated rings. The smallest absolute Gasteiger partial charge is 0.191 e. The average molecular weight is 354 g/mol. The summed E-state index contributed by atoms with van der Waals surface area (Å²) >= 11 is 0. The van der Waals surface area contributed by atoms with Gasteiger partial charge in [-0.05, 0) is 24.3 Å². The zero-order valence-electron chi connectivity index (χ0n) is 13.2. The second-order valence-electron chi connectivity index (χ2n) is 5.35. The summed E-state index contributed by atoms with van der Waals surface area (Å²) in [5.41, 5.74) is 12.5. The fraction of sp³-hybridized carbons (Fsp3) is 0. The molecule has 10 heteroatoms. The molecule has 4 N–H and O–H groups in total. The third-order valence-electron chi connectivity index (χ3n) is 3.62. The fourth-order valence-corrected chi connectivity index (χ4v) is 2.45. The van der Waals surface area contributed by atoms with Crippen molar-refractivity contribution in [2.45, 2.75) is 0 Å². The Morgan fingerprint density at radius 2 is 1.15 bits per heavy atom. The van der Waals surface area contributed by atoms with Gasteiger partial charge < -0.3 is 11.5 Å². The van der Waals surface area contributed by atoms with E-state index in [0.29, 0.717) is 11.4 Å². The zero-order chi connectivity index (χ0) is 18.3. The number of aromatic nitrogens is 6. The Balaban J connectivity index is 1.79. The van der Waals surface area contributed by atoms with Crippen LogP contribution in [0.1, 0.15) is 0 Å². The lowest BCUT2D eigenvalue weighted by Gasteiger charge is -2.03. The van der Waals surface area contributed by atoms with Crippen LogP contribution in [-0.2, 0) is 0 Å². The van der Waals surface area contributed by atoms with Crippen molar-refractivity contribution in [3.8, 4) is 23.0 Å². The Bertz CT molecular complexity index is 1010. The third kappa shape index (κ3) is 2.53. The fourth-order valence-electron chi connectivity index (χ4n) is 2.45. The maximum Gasteiger partial charge on any atom is 0.191 e. The maximum absolute atomic E-state index is 13.9. The molecule has 0 aliphatic carbocycles. The van der Waals surface area contributed by atoms with Crippen LogP contribution < -0.4 is 11.5 Å². The molecule has 0 aliphatic heterocycles. The molecule has 0 amide bonds. The normalized spacial score (nSPS) is 11.0. The quantitative estimate of drug-likeness (QED) is 0.581. The van der Waals surface area contributed by atoms with Gasteiger partial charge in [0.25, 0.3) is 0 Å². The molecule has 8 nitrogen and oxygen atoms in total. The summed E-state index contributed by atoms with van der Waals surface area (Å²) in [6.07, 6.45) is 2.85. The predicted octanol–water partition coefficient (Wildman–Crippen LogP) is 1.96. The highest BCUT2D eigenvalue weighted by Gasteiger charge is 2.18. The molecule has 4 rings (SSSR count). The lowest BCUT2D eigenvalue weighted by atomic mass is 10.3. The monoisotopic (exact) mass is 354 g/mol. The molecule has 0 saturated carbocycles. The summed E-state index contributed by atoms with van der Waals surface area (Å²) in [7, 11) is 0. The van der Waals surface area contributed by atoms with E-state index in [1.165, 1.54) is 48.8 Å². The van der Waals surface area contributed by atoms with Crippen LogP contribution in [0.25, 0.3) is 23.0 Å². The standard InChI is InChI=1S/C16H12F2N8/c17-9-3-1-5-21-15(9)25-13(19)7-11(23-25)12-8-14(20)26(24-12)16-10(18)4-2-6-22-16/h1-8H,19-20H2. The van der Waals surface area contributed by atoms with Crippen molar-refractivity contribution in [3.05, 3.63) is 60.4 Å². The Hall–Kier alpha value is -3.82. The summed E-state index contributed by atoms with van der Waals surface area (Å²) in [5.74, 6) is -0.910. The number of pyridine rings is 2. The van der Waals surface area contributed by atoms with Gasteiger partial charge in [-0.1, -0.05) is 0 Å². The molecule has 0 saturated heterocycles.